The molecule has 7 heteroatoms. The summed E-state index contributed by atoms with van der Waals surface area (Å²) in [7, 11) is 0. The van der Waals surface area contributed by atoms with Gasteiger partial charge < -0.3 is 10.6 Å². The Morgan fingerprint density at radius 3 is 1.20 bits per heavy atom. The summed E-state index contributed by atoms with van der Waals surface area (Å²) in [4.78, 5) is 33.2. The van der Waals surface area contributed by atoms with Gasteiger partial charge in [0, 0.05) is 36.3 Å². The number of hydrogen-bond acceptors (Lipinski definition) is 5. The average molecular weight is 677 g/mol. The molecule has 2 aromatic carbocycles. The highest BCUT2D eigenvalue weighted by Gasteiger charge is 2.44. The van der Waals surface area contributed by atoms with E-state index in [4.69, 9.17) is 0 Å². The van der Waals surface area contributed by atoms with Crippen LogP contribution in [0.4, 0.5) is 0 Å². The minimum atomic E-state index is -0.0195. The molecule has 1 aromatic heterocycles. The van der Waals surface area contributed by atoms with E-state index < -0.39 is 0 Å². The maximum absolute atomic E-state index is 13.2. The van der Waals surface area contributed by atoms with E-state index in [1.54, 1.807) is 22.3 Å². The molecule has 1 unspecified atom stereocenters. The second-order valence-corrected chi connectivity index (χ2v) is 17.2. The van der Waals surface area contributed by atoms with Gasteiger partial charge in [0.1, 0.15) is 0 Å². The molecule has 2 saturated carbocycles. The van der Waals surface area contributed by atoms with Gasteiger partial charge in [-0.05, 0) is 149 Å². The first kappa shape index (κ1) is 31.9. The molecule has 0 spiro atoms. The van der Waals surface area contributed by atoms with E-state index in [1.807, 2.05) is 12.1 Å². The van der Waals surface area contributed by atoms with Gasteiger partial charge in [-0.3, -0.25) is 19.4 Å². The average Bonchev–Trinajstić information content (AvgIpc) is 3.98. The summed E-state index contributed by atoms with van der Waals surface area (Å²) in [6, 6.07) is 24.8. The molecule has 4 fully saturated rings. The fraction of sp³-hybridized carbons (Fsp3) is 0.571. The minimum Gasteiger partial charge on any atom is -0.349 e. The molecular formula is C42H52N4O2S. The lowest BCUT2D eigenvalue weighted by atomic mass is 9.84. The van der Waals surface area contributed by atoms with Crippen molar-refractivity contribution < 1.29 is 9.59 Å². The van der Waals surface area contributed by atoms with Crippen LogP contribution < -0.4 is 10.6 Å². The first-order valence-electron chi connectivity index (χ1n) is 19.5. The zero-order valence-corrected chi connectivity index (χ0v) is 29.6. The number of hydrogen-bond donors (Lipinski definition) is 2. The number of carbonyl (C=O) groups excluding carboxylic acids is 2. The van der Waals surface area contributed by atoms with Crippen LogP contribution in [0.1, 0.15) is 156 Å². The lowest BCUT2D eigenvalue weighted by molar-refractivity contribution is 0.0916. The third kappa shape index (κ3) is 6.18. The highest BCUT2D eigenvalue weighted by Crippen LogP contribution is 2.54. The number of benzene rings is 2. The molecule has 258 valence electrons. The lowest BCUT2D eigenvalue weighted by Crippen LogP contribution is -2.38. The van der Waals surface area contributed by atoms with Crippen LogP contribution in [0.3, 0.4) is 0 Å². The van der Waals surface area contributed by atoms with Gasteiger partial charge in [0.05, 0.1) is 9.75 Å². The third-order valence-corrected chi connectivity index (χ3v) is 14.5. The Hall–Kier alpha value is -3.00. The smallest absolute Gasteiger partial charge is 0.261 e. The van der Waals surface area contributed by atoms with Gasteiger partial charge in [0.25, 0.3) is 11.8 Å². The van der Waals surface area contributed by atoms with Crippen LogP contribution in [0.25, 0.3) is 0 Å². The van der Waals surface area contributed by atoms with Gasteiger partial charge in [-0.2, -0.15) is 0 Å². The maximum atomic E-state index is 13.2. The van der Waals surface area contributed by atoms with Crippen LogP contribution in [-0.4, -0.2) is 46.8 Å². The van der Waals surface area contributed by atoms with Crippen molar-refractivity contribution in [3.8, 4) is 0 Å². The molecule has 4 bridgehead atoms. The Balaban J connectivity index is 0.683. The van der Waals surface area contributed by atoms with Crippen LogP contribution in [0.2, 0.25) is 0 Å². The molecule has 2 aliphatic carbocycles. The van der Waals surface area contributed by atoms with Crippen molar-refractivity contribution in [2.75, 3.05) is 13.1 Å². The summed E-state index contributed by atoms with van der Waals surface area (Å²) >= 11 is 1.34. The Kier molecular flexibility index (Phi) is 8.87. The monoisotopic (exact) mass is 676 g/mol. The first-order chi connectivity index (χ1) is 24.1. The zero-order chi connectivity index (χ0) is 32.9. The lowest BCUT2D eigenvalue weighted by Gasteiger charge is -2.31. The molecule has 9 rings (SSSR count). The summed E-state index contributed by atoms with van der Waals surface area (Å²) in [6.45, 7) is 2.39. The van der Waals surface area contributed by atoms with E-state index in [0.29, 0.717) is 33.9 Å². The van der Waals surface area contributed by atoms with Gasteiger partial charge in [-0.25, -0.2) is 0 Å². The number of nitrogens with zero attached hydrogens (tertiary/aromatic N) is 2. The standard InChI is InChI=1S/C42H52N4O2S/c47-41(43-29-13-9-27(10-14-29)23-25-45-35-17-18-36(45)32-6-2-1-5-31(32)35)39-21-22-40(49-39)42(48)44-30-15-11-28(12-16-30)24-26-46-37-19-20-38(46)34-8-4-3-7-33(34)37/h1-8,21-22,27-30,35-38H,9-20,23-26H2,(H,43,47)(H,44,48)/t27?,28?,29?,30?,35-,36+,37-,38?/m1/s1. The molecule has 6 nitrogen and oxygen atoms in total. The number of amides is 2. The molecule has 49 heavy (non-hydrogen) atoms. The van der Waals surface area contributed by atoms with Gasteiger partial charge in [0.15, 0.2) is 0 Å². The number of nitrogens with one attached hydrogen (secondary N) is 2. The van der Waals surface area contributed by atoms with Gasteiger partial charge in [-0.1, -0.05) is 48.5 Å². The molecule has 4 atom stereocenters. The quantitative estimate of drug-likeness (QED) is 0.225. The van der Waals surface area contributed by atoms with Crippen molar-refractivity contribution in [3.63, 3.8) is 0 Å². The zero-order valence-electron chi connectivity index (χ0n) is 28.8. The highest BCUT2D eigenvalue weighted by molar-refractivity contribution is 7.15. The van der Waals surface area contributed by atoms with Gasteiger partial charge >= 0.3 is 0 Å². The largest absolute Gasteiger partial charge is 0.349 e. The highest BCUT2D eigenvalue weighted by atomic mass is 32.1. The molecule has 4 aliphatic heterocycles. The molecule has 6 aliphatic rings. The second-order valence-electron chi connectivity index (χ2n) is 16.1. The Morgan fingerprint density at radius 2 is 0.857 bits per heavy atom. The van der Waals surface area contributed by atoms with Crippen molar-refractivity contribution in [3.05, 3.63) is 92.7 Å². The Morgan fingerprint density at radius 1 is 0.510 bits per heavy atom. The van der Waals surface area contributed by atoms with Crippen molar-refractivity contribution in [2.45, 2.75) is 126 Å². The molecule has 3 aromatic rings. The van der Waals surface area contributed by atoms with Gasteiger partial charge in [0.2, 0.25) is 0 Å². The predicted octanol–water partition coefficient (Wildman–Crippen LogP) is 8.89. The van der Waals surface area contributed by atoms with Crippen LogP contribution in [0.15, 0.2) is 60.7 Å². The normalized spacial score (nSPS) is 31.8. The number of fused-ring (bicyclic) bond motifs is 10. The molecule has 0 radical (unpaired) electrons. The SMILES string of the molecule is O=C(NC1CCC(CCN2C3CC[C@@H]2c2ccccc23)CC1)c1ccc(C(=O)NC2CCC(CCN3[C@@H]4CC[C@H]3c3ccccc34)CC2)s1. The Labute approximate surface area is 296 Å². The number of carbonyl (C=O) groups is 2. The fourth-order valence-corrected chi connectivity index (χ4v) is 11.7. The number of thiophene rings is 1. The third-order valence-electron chi connectivity index (χ3n) is 13.5. The van der Waals surface area contributed by atoms with Crippen molar-refractivity contribution in [1.29, 1.82) is 0 Å². The van der Waals surface area contributed by atoms with Crippen LogP contribution in [0.5, 0.6) is 0 Å². The van der Waals surface area contributed by atoms with Crippen LogP contribution >= 0.6 is 11.3 Å². The van der Waals surface area contributed by atoms with E-state index in [2.05, 4.69) is 69.0 Å². The fourth-order valence-electron chi connectivity index (χ4n) is 10.9. The molecule has 2 amide bonds. The molecule has 2 N–H and O–H groups in total. The van der Waals surface area contributed by atoms with Crippen LogP contribution in [0, 0.1) is 11.8 Å². The maximum Gasteiger partial charge on any atom is 0.261 e. The van der Waals surface area contributed by atoms with Crippen molar-refractivity contribution >= 4 is 23.2 Å². The predicted molar refractivity (Wildman–Crippen MR) is 196 cm³/mol. The minimum absolute atomic E-state index is 0.0195. The summed E-state index contributed by atoms with van der Waals surface area (Å²) < 4.78 is 0. The summed E-state index contributed by atoms with van der Waals surface area (Å²) in [5.41, 5.74) is 6.29. The first-order valence-corrected chi connectivity index (χ1v) is 20.3. The molecular weight excluding hydrogens is 625 g/mol. The van der Waals surface area contributed by atoms with E-state index >= 15 is 0 Å². The Bertz CT molecular complexity index is 1490. The number of rotatable bonds is 10. The van der Waals surface area contributed by atoms with Crippen LogP contribution in [-0.2, 0) is 0 Å². The molecule has 2 saturated heterocycles. The second kappa shape index (κ2) is 13.6. The van der Waals surface area contributed by atoms with E-state index in [-0.39, 0.29) is 23.9 Å². The topological polar surface area (TPSA) is 64.7 Å². The van der Waals surface area contributed by atoms with Gasteiger partial charge in [-0.15, -0.1) is 11.3 Å². The van der Waals surface area contributed by atoms with E-state index in [0.717, 1.165) is 37.5 Å². The van der Waals surface area contributed by atoms with E-state index in [9.17, 15) is 9.59 Å². The summed E-state index contributed by atoms with van der Waals surface area (Å²) in [5.74, 6) is 1.46. The summed E-state index contributed by atoms with van der Waals surface area (Å²) in [5, 5.41) is 6.60. The molecule has 5 heterocycles. The van der Waals surface area contributed by atoms with E-state index in [1.165, 1.54) is 88.6 Å². The summed E-state index contributed by atoms with van der Waals surface area (Å²) in [6.07, 6.45) is 16.7. The van der Waals surface area contributed by atoms with Crippen molar-refractivity contribution in [1.82, 2.24) is 20.4 Å². The van der Waals surface area contributed by atoms with Crippen molar-refractivity contribution in [2.24, 2.45) is 11.8 Å².